The Morgan fingerprint density at radius 3 is 2.89 bits per heavy atom. The second-order valence-corrected chi connectivity index (χ2v) is 5.29. The fourth-order valence-corrected chi connectivity index (χ4v) is 2.34. The van der Waals surface area contributed by atoms with Crippen molar-refractivity contribution in [2.24, 2.45) is 0 Å². The molecule has 0 aliphatic carbocycles. The van der Waals surface area contributed by atoms with Gasteiger partial charge >= 0.3 is 0 Å². The first-order valence-corrected chi connectivity index (χ1v) is 6.91. The van der Waals surface area contributed by atoms with Crippen LogP contribution >= 0.6 is 15.9 Å². The SMILES string of the molecule is N#Cc1ccc(Br)cc1NC(=O)CN1CCNCC1. The summed E-state index contributed by atoms with van der Waals surface area (Å²) >= 11 is 3.33. The lowest BCUT2D eigenvalue weighted by molar-refractivity contribution is -0.117. The molecule has 0 aromatic heterocycles. The van der Waals surface area contributed by atoms with Crippen LogP contribution in [0.15, 0.2) is 22.7 Å². The van der Waals surface area contributed by atoms with Gasteiger partial charge in [-0.05, 0) is 18.2 Å². The van der Waals surface area contributed by atoms with Crippen molar-refractivity contribution >= 4 is 27.5 Å². The molecular formula is C13H15BrN4O. The summed E-state index contributed by atoms with van der Waals surface area (Å²) in [6.07, 6.45) is 0. The van der Waals surface area contributed by atoms with Gasteiger partial charge in [-0.25, -0.2) is 0 Å². The number of anilines is 1. The molecule has 5 nitrogen and oxygen atoms in total. The minimum Gasteiger partial charge on any atom is -0.324 e. The molecule has 1 fully saturated rings. The van der Waals surface area contributed by atoms with Gasteiger partial charge in [-0.2, -0.15) is 5.26 Å². The lowest BCUT2D eigenvalue weighted by Gasteiger charge is -2.26. The number of amides is 1. The Morgan fingerprint density at radius 2 is 2.21 bits per heavy atom. The molecule has 1 amide bonds. The van der Waals surface area contributed by atoms with Crippen molar-refractivity contribution in [3.8, 4) is 6.07 Å². The first-order chi connectivity index (χ1) is 9.19. The molecule has 1 heterocycles. The van der Waals surface area contributed by atoms with Crippen LogP contribution in [0.4, 0.5) is 5.69 Å². The summed E-state index contributed by atoms with van der Waals surface area (Å²) in [4.78, 5) is 14.1. The van der Waals surface area contributed by atoms with E-state index in [2.05, 4.69) is 37.5 Å². The highest BCUT2D eigenvalue weighted by atomic mass is 79.9. The van der Waals surface area contributed by atoms with Crippen LogP contribution in [0.25, 0.3) is 0 Å². The van der Waals surface area contributed by atoms with Crippen molar-refractivity contribution in [3.05, 3.63) is 28.2 Å². The summed E-state index contributed by atoms with van der Waals surface area (Å²) < 4.78 is 0.837. The topological polar surface area (TPSA) is 68.2 Å². The second-order valence-electron chi connectivity index (χ2n) is 4.38. The van der Waals surface area contributed by atoms with Gasteiger partial charge in [0, 0.05) is 30.7 Å². The maximum atomic E-state index is 12.0. The van der Waals surface area contributed by atoms with Gasteiger partial charge in [0.15, 0.2) is 0 Å². The molecule has 0 spiro atoms. The molecule has 0 unspecified atom stereocenters. The molecule has 0 saturated carbocycles. The van der Waals surface area contributed by atoms with Crippen LogP contribution in [-0.2, 0) is 4.79 Å². The van der Waals surface area contributed by atoms with E-state index in [0.717, 1.165) is 30.7 Å². The molecule has 2 rings (SSSR count). The highest BCUT2D eigenvalue weighted by molar-refractivity contribution is 9.10. The molecular weight excluding hydrogens is 308 g/mol. The van der Waals surface area contributed by atoms with Crippen molar-refractivity contribution in [2.45, 2.75) is 0 Å². The average molecular weight is 323 g/mol. The molecule has 0 atom stereocenters. The molecule has 1 aromatic carbocycles. The first-order valence-electron chi connectivity index (χ1n) is 6.11. The summed E-state index contributed by atoms with van der Waals surface area (Å²) in [7, 11) is 0. The first kappa shape index (κ1) is 14.0. The number of hydrogen-bond donors (Lipinski definition) is 2. The predicted molar refractivity (Wildman–Crippen MR) is 76.8 cm³/mol. The lowest BCUT2D eigenvalue weighted by atomic mass is 10.2. The highest BCUT2D eigenvalue weighted by Gasteiger charge is 2.14. The van der Waals surface area contributed by atoms with E-state index in [1.807, 2.05) is 0 Å². The van der Waals surface area contributed by atoms with E-state index in [4.69, 9.17) is 5.26 Å². The Hall–Kier alpha value is -1.42. The lowest BCUT2D eigenvalue weighted by Crippen LogP contribution is -2.46. The monoisotopic (exact) mass is 322 g/mol. The van der Waals surface area contributed by atoms with E-state index in [0.29, 0.717) is 17.8 Å². The summed E-state index contributed by atoms with van der Waals surface area (Å²) in [6, 6.07) is 7.28. The van der Waals surface area contributed by atoms with Gasteiger partial charge in [-0.3, -0.25) is 9.69 Å². The number of nitriles is 1. The fraction of sp³-hybridized carbons (Fsp3) is 0.385. The Balaban J connectivity index is 1.98. The molecule has 6 heteroatoms. The number of rotatable bonds is 3. The zero-order chi connectivity index (χ0) is 13.7. The van der Waals surface area contributed by atoms with E-state index >= 15 is 0 Å². The summed E-state index contributed by atoms with van der Waals surface area (Å²) in [5.41, 5.74) is 1.02. The van der Waals surface area contributed by atoms with Crippen LogP contribution in [-0.4, -0.2) is 43.5 Å². The zero-order valence-corrected chi connectivity index (χ0v) is 12.0. The van der Waals surface area contributed by atoms with Crippen molar-refractivity contribution in [1.82, 2.24) is 10.2 Å². The van der Waals surface area contributed by atoms with Crippen LogP contribution in [0.2, 0.25) is 0 Å². The van der Waals surface area contributed by atoms with Gasteiger partial charge < -0.3 is 10.6 Å². The standard InChI is InChI=1S/C13H15BrN4O/c14-11-2-1-10(8-15)12(7-11)17-13(19)9-18-5-3-16-4-6-18/h1-2,7,16H,3-6,9H2,(H,17,19). The molecule has 100 valence electrons. The van der Waals surface area contributed by atoms with Gasteiger partial charge in [0.2, 0.25) is 5.91 Å². The zero-order valence-electron chi connectivity index (χ0n) is 10.4. The largest absolute Gasteiger partial charge is 0.324 e. The van der Waals surface area contributed by atoms with Crippen LogP contribution in [0.5, 0.6) is 0 Å². The van der Waals surface area contributed by atoms with Gasteiger partial charge in [0.25, 0.3) is 0 Å². The maximum Gasteiger partial charge on any atom is 0.238 e. The van der Waals surface area contributed by atoms with Crippen LogP contribution in [0.1, 0.15) is 5.56 Å². The Kier molecular flexibility index (Phi) is 4.91. The third kappa shape index (κ3) is 4.03. The van der Waals surface area contributed by atoms with Crippen molar-refractivity contribution < 1.29 is 4.79 Å². The van der Waals surface area contributed by atoms with E-state index in [-0.39, 0.29) is 5.91 Å². The smallest absolute Gasteiger partial charge is 0.238 e. The molecule has 0 radical (unpaired) electrons. The van der Waals surface area contributed by atoms with Gasteiger partial charge in [0.1, 0.15) is 6.07 Å². The third-order valence-electron chi connectivity index (χ3n) is 2.95. The summed E-state index contributed by atoms with van der Waals surface area (Å²) in [5, 5.41) is 15.0. The number of piperazine rings is 1. The fourth-order valence-electron chi connectivity index (χ4n) is 1.98. The molecule has 19 heavy (non-hydrogen) atoms. The Labute approximate surface area is 120 Å². The average Bonchev–Trinajstić information content (AvgIpc) is 2.40. The predicted octanol–water partition coefficient (Wildman–Crippen LogP) is 1.16. The number of carbonyl (C=O) groups excluding carboxylic acids is 1. The Bertz CT molecular complexity index is 506. The Morgan fingerprint density at radius 1 is 1.47 bits per heavy atom. The highest BCUT2D eigenvalue weighted by Crippen LogP contribution is 2.20. The van der Waals surface area contributed by atoms with Gasteiger partial charge in [-0.1, -0.05) is 15.9 Å². The van der Waals surface area contributed by atoms with Gasteiger partial charge in [-0.15, -0.1) is 0 Å². The normalized spacial score (nSPS) is 15.8. The number of halogens is 1. The van der Waals surface area contributed by atoms with Crippen molar-refractivity contribution in [2.75, 3.05) is 38.0 Å². The number of benzene rings is 1. The molecule has 1 saturated heterocycles. The van der Waals surface area contributed by atoms with Crippen LogP contribution in [0.3, 0.4) is 0 Å². The number of nitrogens with one attached hydrogen (secondary N) is 2. The van der Waals surface area contributed by atoms with Gasteiger partial charge in [0.05, 0.1) is 17.8 Å². The minimum atomic E-state index is -0.0866. The van der Waals surface area contributed by atoms with Crippen molar-refractivity contribution in [1.29, 1.82) is 5.26 Å². The number of nitrogens with zero attached hydrogens (tertiary/aromatic N) is 2. The van der Waals surface area contributed by atoms with Crippen LogP contribution in [0, 0.1) is 11.3 Å². The maximum absolute atomic E-state index is 12.0. The summed E-state index contributed by atoms with van der Waals surface area (Å²) in [6.45, 7) is 3.92. The van der Waals surface area contributed by atoms with E-state index in [1.54, 1.807) is 18.2 Å². The second kappa shape index (κ2) is 6.66. The quantitative estimate of drug-likeness (QED) is 0.876. The molecule has 1 aliphatic rings. The molecule has 1 aromatic rings. The van der Waals surface area contributed by atoms with E-state index in [1.165, 1.54) is 0 Å². The minimum absolute atomic E-state index is 0.0866. The molecule has 2 N–H and O–H groups in total. The van der Waals surface area contributed by atoms with E-state index in [9.17, 15) is 4.79 Å². The molecule has 1 aliphatic heterocycles. The summed E-state index contributed by atoms with van der Waals surface area (Å²) in [5.74, 6) is -0.0866. The van der Waals surface area contributed by atoms with Crippen LogP contribution < -0.4 is 10.6 Å². The van der Waals surface area contributed by atoms with E-state index < -0.39 is 0 Å². The third-order valence-corrected chi connectivity index (χ3v) is 3.45. The van der Waals surface area contributed by atoms with Crippen molar-refractivity contribution in [3.63, 3.8) is 0 Å². The molecule has 0 bridgehead atoms. The number of carbonyl (C=O) groups is 1. The number of hydrogen-bond acceptors (Lipinski definition) is 4.